The van der Waals surface area contributed by atoms with E-state index < -0.39 is 11.9 Å². The lowest BCUT2D eigenvalue weighted by atomic mass is 10.1. The molecule has 138 valence electrons. The van der Waals surface area contributed by atoms with Crippen molar-refractivity contribution < 1.29 is 33.3 Å². The first-order valence-electron chi connectivity index (χ1n) is 7.69. The molecule has 2 aromatic carbocycles. The van der Waals surface area contributed by atoms with Gasteiger partial charge < -0.3 is 23.7 Å². The van der Waals surface area contributed by atoms with Crippen LogP contribution in [0.25, 0.3) is 0 Å². The van der Waals surface area contributed by atoms with E-state index in [0.29, 0.717) is 22.6 Å². The lowest BCUT2D eigenvalue weighted by Crippen LogP contribution is -2.09. The third-order valence-corrected chi connectivity index (χ3v) is 3.64. The van der Waals surface area contributed by atoms with Gasteiger partial charge in [0.15, 0.2) is 11.5 Å². The molecule has 0 heterocycles. The second-order valence-corrected chi connectivity index (χ2v) is 5.15. The Balaban J connectivity index is 2.19. The maximum atomic E-state index is 12.5. The molecule has 0 bridgehead atoms. The highest BCUT2D eigenvalue weighted by Crippen LogP contribution is 2.40. The van der Waals surface area contributed by atoms with Crippen molar-refractivity contribution in [3.05, 3.63) is 53.1 Å². The van der Waals surface area contributed by atoms with Crippen LogP contribution < -0.4 is 14.2 Å². The highest BCUT2D eigenvalue weighted by Gasteiger charge is 2.21. The van der Waals surface area contributed by atoms with E-state index in [2.05, 4.69) is 4.74 Å². The van der Waals surface area contributed by atoms with Gasteiger partial charge in [0.1, 0.15) is 12.2 Å². The van der Waals surface area contributed by atoms with Crippen LogP contribution in [0.4, 0.5) is 0 Å². The molecule has 0 radical (unpaired) electrons. The fraction of sp³-hybridized carbons (Fsp3) is 0.263. The van der Waals surface area contributed by atoms with Crippen LogP contribution >= 0.6 is 0 Å². The number of methoxy groups -OCH3 is 4. The Morgan fingerprint density at radius 3 is 2.19 bits per heavy atom. The molecule has 0 aliphatic heterocycles. The van der Waals surface area contributed by atoms with Gasteiger partial charge in [-0.3, -0.25) is 0 Å². The van der Waals surface area contributed by atoms with Gasteiger partial charge >= 0.3 is 11.9 Å². The lowest BCUT2D eigenvalue weighted by molar-refractivity contribution is 0.0468. The maximum absolute atomic E-state index is 12.5. The maximum Gasteiger partial charge on any atom is 0.342 e. The van der Waals surface area contributed by atoms with Crippen molar-refractivity contribution in [3.8, 4) is 17.2 Å². The quantitative estimate of drug-likeness (QED) is 0.702. The van der Waals surface area contributed by atoms with Gasteiger partial charge in [-0.05, 0) is 29.8 Å². The molecule has 0 saturated carbocycles. The van der Waals surface area contributed by atoms with Crippen molar-refractivity contribution >= 4 is 11.9 Å². The van der Waals surface area contributed by atoms with E-state index in [4.69, 9.17) is 18.9 Å². The standard InChI is InChI=1S/C19H20O7/c1-22-15-9-8-14(16(23-2)17(15)24-3)19(21)26-11-12-6-5-7-13(10-12)18(20)25-4/h5-10H,11H2,1-4H3. The molecule has 0 unspecified atom stereocenters. The number of ether oxygens (including phenoxy) is 5. The molecule has 0 N–H and O–H groups in total. The summed E-state index contributed by atoms with van der Waals surface area (Å²) in [6, 6.07) is 9.78. The normalized spacial score (nSPS) is 10.0. The van der Waals surface area contributed by atoms with Crippen molar-refractivity contribution in [3.63, 3.8) is 0 Å². The Morgan fingerprint density at radius 1 is 0.846 bits per heavy atom. The Labute approximate surface area is 151 Å². The third kappa shape index (κ3) is 4.05. The van der Waals surface area contributed by atoms with Crippen LogP contribution in [-0.4, -0.2) is 40.4 Å². The molecule has 7 heteroatoms. The molecular weight excluding hydrogens is 340 g/mol. The van der Waals surface area contributed by atoms with Crippen LogP contribution in [0.2, 0.25) is 0 Å². The van der Waals surface area contributed by atoms with Gasteiger partial charge in [0.2, 0.25) is 5.75 Å². The van der Waals surface area contributed by atoms with Gasteiger partial charge in [-0.1, -0.05) is 12.1 Å². The summed E-state index contributed by atoms with van der Waals surface area (Å²) in [7, 11) is 5.67. The van der Waals surface area contributed by atoms with Crippen LogP contribution in [0.1, 0.15) is 26.3 Å². The van der Waals surface area contributed by atoms with Gasteiger partial charge in [-0.2, -0.15) is 0 Å². The molecule has 7 nitrogen and oxygen atoms in total. The van der Waals surface area contributed by atoms with E-state index in [9.17, 15) is 9.59 Å². The zero-order valence-corrected chi connectivity index (χ0v) is 15.0. The lowest BCUT2D eigenvalue weighted by Gasteiger charge is -2.15. The van der Waals surface area contributed by atoms with E-state index in [0.717, 1.165) is 0 Å². The monoisotopic (exact) mass is 360 g/mol. The summed E-state index contributed by atoms with van der Waals surface area (Å²) < 4.78 is 25.7. The van der Waals surface area contributed by atoms with Gasteiger partial charge in [0.25, 0.3) is 0 Å². The Morgan fingerprint density at radius 2 is 1.58 bits per heavy atom. The zero-order chi connectivity index (χ0) is 19.1. The molecule has 0 saturated heterocycles. The Hall–Kier alpha value is -3.22. The predicted octanol–water partition coefficient (Wildman–Crippen LogP) is 2.86. The van der Waals surface area contributed by atoms with Crippen LogP contribution in [0.15, 0.2) is 36.4 Å². The van der Waals surface area contributed by atoms with Crippen LogP contribution in [0, 0.1) is 0 Å². The van der Waals surface area contributed by atoms with Gasteiger partial charge in [-0.15, -0.1) is 0 Å². The minimum atomic E-state index is -0.591. The molecule has 0 spiro atoms. The van der Waals surface area contributed by atoms with E-state index in [1.54, 1.807) is 30.3 Å². The van der Waals surface area contributed by atoms with Crippen LogP contribution in [0.3, 0.4) is 0 Å². The van der Waals surface area contributed by atoms with Crippen molar-refractivity contribution in [2.45, 2.75) is 6.61 Å². The van der Waals surface area contributed by atoms with E-state index in [1.165, 1.54) is 34.5 Å². The largest absolute Gasteiger partial charge is 0.493 e. The second kappa shape index (κ2) is 8.75. The van der Waals surface area contributed by atoms with Crippen LogP contribution in [-0.2, 0) is 16.1 Å². The van der Waals surface area contributed by atoms with Crippen molar-refractivity contribution in [2.75, 3.05) is 28.4 Å². The highest BCUT2D eigenvalue weighted by molar-refractivity contribution is 5.94. The summed E-state index contributed by atoms with van der Waals surface area (Å²) in [5, 5.41) is 0. The molecule has 2 rings (SSSR count). The number of esters is 2. The molecule has 0 atom stereocenters. The minimum absolute atomic E-state index is 0.0127. The Kier molecular flexibility index (Phi) is 6.43. The van der Waals surface area contributed by atoms with Gasteiger partial charge in [0.05, 0.1) is 34.0 Å². The number of carbonyl (C=O) groups excluding carboxylic acids is 2. The first kappa shape index (κ1) is 19.1. The summed E-state index contributed by atoms with van der Waals surface area (Å²) in [5.74, 6) is -0.0880. The SMILES string of the molecule is COC(=O)c1cccc(COC(=O)c2ccc(OC)c(OC)c2OC)c1. The zero-order valence-electron chi connectivity index (χ0n) is 15.0. The molecule has 26 heavy (non-hydrogen) atoms. The smallest absolute Gasteiger partial charge is 0.342 e. The fourth-order valence-electron chi connectivity index (χ4n) is 2.39. The first-order chi connectivity index (χ1) is 12.5. The molecule has 0 aliphatic carbocycles. The average molecular weight is 360 g/mol. The fourth-order valence-corrected chi connectivity index (χ4v) is 2.39. The minimum Gasteiger partial charge on any atom is -0.493 e. The second-order valence-electron chi connectivity index (χ2n) is 5.15. The predicted molar refractivity (Wildman–Crippen MR) is 93.0 cm³/mol. The van der Waals surface area contributed by atoms with E-state index in [1.807, 2.05) is 0 Å². The number of carbonyl (C=O) groups is 2. The molecular formula is C19H20O7. The Bertz CT molecular complexity index is 798. The number of hydrogen-bond acceptors (Lipinski definition) is 7. The summed E-state index contributed by atoms with van der Waals surface area (Å²) in [6.45, 7) is -0.0127. The van der Waals surface area contributed by atoms with Crippen molar-refractivity contribution in [1.29, 1.82) is 0 Å². The molecule has 0 amide bonds. The molecule has 0 aliphatic rings. The van der Waals surface area contributed by atoms with Gasteiger partial charge in [0, 0.05) is 0 Å². The number of hydrogen-bond donors (Lipinski definition) is 0. The first-order valence-corrected chi connectivity index (χ1v) is 7.69. The van der Waals surface area contributed by atoms with Crippen molar-refractivity contribution in [1.82, 2.24) is 0 Å². The highest BCUT2D eigenvalue weighted by atomic mass is 16.5. The average Bonchev–Trinajstić information content (AvgIpc) is 2.70. The molecule has 0 aromatic heterocycles. The summed E-state index contributed by atoms with van der Waals surface area (Å²) in [5.41, 5.74) is 1.24. The summed E-state index contributed by atoms with van der Waals surface area (Å²) in [6.07, 6.45) is 0. The summed E-state index contributed by atoms with van der Waals surface area (Å²) in [4.78, 5) is 24.0. The molecule has 0 fully saturated rings. The molecule has 2 aromatic rings. The summed E-state index contributed by atoms with van der Waals surface area (Å²) >= 11 is 0. The van der Waals surface area contributed by atoms with E-state index in [-0.39, 0.29) is 17.9 Å². The van der Waals surface area contributed by atoms with E-state index >= 15 is 0 Å². The third-order valence-electron chi connectivity index (χ3n) is 3.64. The number of benzene rings is 2. The van der Waals surface area contributed by atoms with Crippen molar-refractivity contribution in [2.24, 2.45) is 0 Å². The van der Waals surface area contributed by atoms with Gasteiger partial charge in [-0.25, -0.2) is 9.59 Å². The topological polar surface area (TPSA) is 80.3 Å². The number of rotatable bonds is 7. The van der Waals surface area contributed by atoms with Crippen LogP contribution in [0.5, 0.6) is 17.2 Å².